The van der Waals surface area contributed by atoms with Crippen molar-refractivity contribution in [3.05, 3.63) is 33.8 Å². The number of nitrogens with zero attached hydrogens (tertiary/aromatic N) is 2. The van der Waals surface area contributed by atoms with E-state index in [1.807, 2.05) is 25.7 Å². The normalized spacial score (nSPS) is 19.9. The van der Waals surface area contributed by atoms with Crippen molar-refractivity contribution in [1.82, 2.24) is 9.80 Å². The minimum atomic E-state index is -0.535. The highest BCUT2D eigenvalue weighted by atomic mass is 35.5. The number of rotatable bonds is 4. The van der Waals surface area contributed by atoms with Crippen LogP contribution in [0.5, 0.6) is 0 Å². The Morgan fingerprint density at radius 3 is 2.56 bits per heavy atom. The van der Waals surface area contributed by atoms with Gasteiger partial charge in [-0.1, -0.05) is 29.3 Å². The number of hydrogen-bond donors (Lipinski definition) is 0. The summed E-state index contributed by atoms with van der Waals surface area (Å²) < 4.78 is 5.47. The van der Waals surface area contributed by atoms with E-state index in [9.17, 15) is 9.59 Å². The van der Waals surface area contributed by atoms with Gasteiger partial charge in [0, 0.05) is 19.6 Å². The van der Waals surface area contributed by atoms with Gasteiger partial charge in [-0.3, -0.25) is 4.79 Å². The largest absolute Gasteiger partial charge is 0.444 e. The van der Waals surface area contributed by atoms with E-state index in [1.165, 1.54) is 0 Å². The van der Waals surface area contributed by atoms with Gasteiger partial charge in [0.15, 0.2) is 0 Å². The quantitative estimate of drug-likeness (QED) is 0.709. The summed E-state index contributed by atoms with van der Waals surface area (Å²) in [5.41, 5.74) is -0.118. The molecule has 148 valence electrons. The maximum atomic E-state index is 13.2. The topological polar surface area (TPSA) is 49.9 Å². The van der Waals surface area contributed by atoms with Crippen molar-refractivity contribution in [2.45, 2.75) is 51.7 Å². The van der Waals surface area contributed by atoms with Gasteiger partial charge in [-0.05, 0) is 58.1 Å². The molecule has 27 heavy (non-hydrogen) atoms. The maximum Gasteiger partial charge on any atom is 0.410 e. The van der Waals surface area contributed by atoms with Gasteiger partial charge in [-0.15, -0.1) is 0 Å². The third-order valence-corrected chi connectivity index (χ3v) is 5.67. The van der Waals surface area contributed by atoms with E-state index >= 15 is 0 Å². The molecule has 1 aliphatic heterocycles. The molecular formula is C20H26Cl2N2O3. The summed E-state index contributed by atoms with van der Waals surface area (Å²) in [6.45, 7) is 7.30. The van der Waals surface area contributed by atoms with Crippen molar-refractivity contribution >= 4 is 35.2 Å². The first-order chi connectivity index (χ1) is 12.7. The summed E-state index contributed by atoms with van der Waals surface area (Å²) >= 11 is 12.4. The van der Waals surface area contributed by atoms with E-state index in [4.69, 9.17) is 27.9 Å². The standard InChI is InChI=1S/C20H26Cl2N2O3/c1-20(2,3)27-19(26)23-10-9-14(12-23)24(11-13-7-8-13)18(25)15-5-4-6-16(21)17(15)22/h4-6,13-14H,7-12H2,1-3H3/t14-/m0/s1. The molecule has 1 saturated carbocycles. The molecule has 1 aliphatic carbocycles. The van der Waals surface area contributed by atoms with Gasteiger partial charge in [-0.25, -0.2) is 4.79 Å². The van der Waals surface area contributed by atoms with Gasteiger partial charge >= 0.3 is 6.09 Å². The Morgan fingerprint density at radius 1 is 1.22 bits per heavy atom. The van der Waals surface area contributed by atoms with Crippen LogP contribution in [-0.2, 0) is 4.74 Å². The van der Waals surface area contributed by atoms with Crippen LogP contribution in [0.2, 0.25) is 10.0 Å². The molecule has 2 aliphatic rings. The molecule has 2 amide bonds. The lowest BCUT2D eigenvalue weighted by molar-refractivity contribution is 0.0274. The predicted octanol–water partition coefficient (Wildman–Crippen LogP) is 4.86. The molecule has 1 atom stereocenters. The molecular weight excluding hydrogens is 387 g/mol. The van der Waals surface area contributed by atoms with Gasteiger partial charge in [-0.2, -0.15) is 0 Å². The van der Waals surface area contributed by atoms with Crippen LogP contribution in [0.25, 0.3) is 0 Å². The summed E-state index contributed by atoms with van der Waals surface area (Å²) in [6, 6.07) is 5.07. The Hall–Kier alpha value is -1.46. The number of amides is 2. The van der Waals surface area contributed by atoms with Crippen LogP contribution in [0, 0.1) is 5.92 Å². The highest BCUT2D eigenvalue weighted by Gasteiger charge is 2.38. The number of benzene rings is 1. The second kappa shape index (κ2) is 7.88. The molecule has 0 aromatic heterocycles. The van der Waals surface area contributed by atoms with Crippen LogP contribution in [0.4, 0.5) is 4.79 Å². The Balaban J connectivity index is 1.74. The summed E-state index contributed by atoms with van der Waals surface area (Å²) in [4.78, 5) is 29.1. The molecule has 2 fully saturated rings. The van der Waals surface area contributed by atoms with Crippen LogP contribution >= 0.6 is 23.2 Å². The fourth-order valence-electron chi connectivity index (χ4n) is 3.29. The van der Waals surface area contributed by atoms with Crippen molar-refractivity contribution in [3.8, 4) is 0 Å². The number of halogens is 2. The third-order valence-electron chi connectivity index (χ3n) is 4.85. The molecule has 1 saturated heterocycles. The fraction of sp³-hybridized carbons (Fsp3) is 0.600. The van der Waals surface area contributed by atoms with Crippen molar-refractivity contribution < 1.29 is 14.3 Å². The molecule has 0 N–H and O–H groups in total. The van der Waals surface area contributed by atoms with Crippen molar-refractivity contribution in [2.24, 2.45) is 5.92 Å². The monoisotopic (exact) mass is 412 g/mol. The molecule has 0 unspecified atom stereocenters. The number of carbonyl (C=O) groups is 2. The summed E-state index contributed by atoms with van der Waals surface area (Å²) in [7, 11) is 0. The first-order valence-electron chi connectivity index (χ1n) is 9.38. The van der Waals surface area contributed by atoms with E-state index < -0.39 is 5.60 Å². The Labute approximate surface area is 170 Å². The van der Waals surface area contributed by atoms with Crippen LogP contribution in [-0.4, -0.2) is 53.1 Å². The van der Waals surface area contributed by atoms with Crippen molar-refractivity contribution in [1.29, 1.82) is 0 Å². The van der Waals surface area contributed by atoms with E-state index in [-0.39, 0.29) is 23.1 Å². The van der Waals surface area contributed by atoms with Gasteiger partial charge in [0.1, 0.15) is 5.60 Å². The van der Waals surface area contributed by atoms with Crippen LogP contribution < -0.4 is 0 Å². The van der Waals surface area contributed by atoms with E-state index in [1.54, 1.807) is 23.1 Å². The SMILES string of the molecule is CC(C)(C)OC(=O)N1CC[C@H](N(CC2CC2)C(=O)c2cccc(Cl)c2Cl)C1. The van der Waals surface area contributed by atoms with Gasteiger partial charge in [0.25, 0.3) is 5.91 Å². The lowest BCUT2D eigenvalue weighted by atomic mass is 10.1. The summed E-state index contributed by atoms with van der Waals surface area (Å²) in [5.74, 6) is 0.410. The molecule has 1 heterocycles. The molecule has 7 heteroatoms. The highest BCUT2D eigenvalue weighted by molar-refractivity contribution is 6.43. The zero-order valence-corrected chi connectivity index (χ0v) is 17.5. The van der Waals surface area contributed by atoms with Gasteiger partial charge in [0.2, 0.25) is 0 Å². The maximum absolute atomic E-state index is 13.2. The molecule has 5 nitrogen and oxygen atoms in total. The van der Waals surface area contributed by atoms with Crippen LogP contribution in [0.15, 0.2) is 18.2 Å². The second-order valence-electron chi connectivity index (χ2n) is 8.37. The highest BCUT2D eigenvalue weighted by Crippen LogP contribution is 2.34. The van der Waals surface area contributed by atoms with Crippen LogP contribution in [0.3, 0.4) is 0 Å². The number of carbonyl (C=O) groups excluding carboxylic acids is 2. The predicted molar refractivity (Wildman–Crippen MR) is 106 cm³/mol. The van der Waals surface area contributed by atoms with E-state index in [2.05, 4.69) is 0 Å². The fourth-order valence-corrected chi connectivity index (χ4v) is 3.67. The molecule has 0 spiro atoms. The average molecular weight is 413 g/mol. The van der Waals surface area contributed by atoms with Crippen LogP contribution in [0.1, 0.15) is 50.4 Å². The first kappa shape index (κ1) is 20.3. The second-order valence-corrected chi connectivity index (χ2v) is 9.16. The minimum absolute atomic E-state index is 0.0410. The molecule has 0 bridgehead atoms. The molecule has 3 rings (SSSR count). The average Bonchev–Trinajstić information content (AvgIpc) is 3.26. The van der Waals surface area contributed by atoms with Gasteiger partial charge < -0.3 is 14.5 Å². The third kappa shape index (κ3) is 5.08. The lowest BCUT2D eigenvalue weighted by Crippen LogP contribution is -2.44. The number of ether oxygens (including phenoxy) is 1. The molecule has 1 aromatic carbocycles. The summed E-state index contributed by atoms with van der Waals surface area (Å²) in [6.07, 6.45) is 2.67. The smallest absolute Gasteiger partial charge is 0.410 e. The van der Waals surface area contributed by atoms with Crippen molar-refractivity contribution in [3.63, 3.8) is 0 Å². The Morgan fingerprint density at radius 2 is 1.93 bits per heavy atom. The van der Waals surface area contributed by atoms with Crippen molar-refractivity contribution in [2.75, 3.05) is 19.6 Å². The van der Waals surface area contributed by atoms with E-state index in [0.29, 0.717) is 36.1 Å². The Bertz CT molecular complexity index is 728. The first-order valence-corrected chi connectivity index (χ1v) is 10.1. The lowest BCUT2D eigenvalue weighted by Gasteiger charge is -2.30. The van der Waals surface area contributed by atoms with Gasteiger partial charge in [0.05, 0.1) is 21.7 Å². The summed E-state index contributed by atoms with van der Waals surface area (Å²) in [5, 5.41) is 0.655. The Kier molecular flexibility index (Phi) is 5.92. The number of likely N-dealkylation sites (tertiary alicyclic amines) is 1. The van der Waals surface area contributed by atoms with E-state index in [0.717, 1.165) is 19.3 Å². The zero-order valence-electron chi connectivity index (χ0n) is 16.0. The molecule has 0 radical (unpaired) electrons. The zero-order chi connectivity index (χ0) is 19.8. The molecule has 1 aromatic rings. The number of hydrogen-bond acceptors (Lipinski definition) is 3. The minimum Gasteiger partial charge on any atom is -0.444 e.